The Hall–Kier alpha value is -1.52. The Morgan fingerprint density at radius 1 is 0.964 bits per heavy atom. The van der Waals surface area contributed by atoms with Crippen LogP contribution in [0, 0.1) is 16.7 Å². The molecule has 0 radical (unpaired) electrons. The molecule has 1 aromatic carbocycles. The Kier molecular flexibility index (Phi) is 9.03. The number of hydrogen-bond donors (Lipinski definition) is 2. The number of nitrogens with two attached hydrogens (primary N) is 1. The zero-order valence-corrected chi connectivity index (χ0v) is 18.5. The molecule has 28 heavy (non-hydrogen) atoms. The van der Waals surface area contributed by atoms with Crippen molar-refractivity contribution in [2.75, 3.05) is 0 Å². The molecular formula is C24H39NO3. The molecule has 2 unspecified atom stereocenters. The predicted octanol–water partition coefficient (Wildman–Crippen LogP) is 4.32. The molecule has 4 nitrogen and oxygen atoms in total. The van der Waals surface area contributed by atoms with E-state index in [1.165, 1.54) is 0 Å². The summed E-state index contributed by atoms with van der Waals surface area (Å²) in [6, 6.07) is 9.13. The van der Waals surface area contributed by atoms with E-state index in [1.807, 2.05) is 51.1 Å². The minimum Gasteiger partial charge on any atom is -0.385 e. The number of hydrogen-bond acceptors (Lipinski definition) is 4. The normalized spacial score (nSPS) is 15.7. The van der Waals surface area contributed by atoms with Crippen LogP contribution < -0.4 is 5.73 Å². The molecule has 0 saturated heterocycles. The van der Waals surface area contributed by atoms with Crippen LogP contribution >= 0.6 is 0 Å². The van der Waals surface area contributed by atoms with Gasteiger partial charge >= 0.3 is 0 Å². The van der Waals surface area contributed by atoms with E-state index < -0.39 is 18.1 Å². The third-order valence-electron chi connectivity index (χ3n) is 4.90. The van der Waals surface area contributed by atoms with Crippen molar-refractivity contribution in [2.45, 2.75) is 85.8 Å². The summed E-state index contributed by atoms with van der Waals surface area (Å²) in [6.45, 7) is 12.3. The topological polar surface area (TPSA) is 80.4 Å². The monoisotopic (exact) mass is 389 g/mol. The largest absolute Gasteiger partial charge is 0.385 e. The summed E-state index contributed by atoms with van der Waals surface area (Å²) in [5, 5.41) is 10.7. The van der Waals surface area contributed by atoms with Crippen LogP contribution in [-0.4, -0.2) is 28.8 Å². The molecule has 0 fully saturated rings. The number of benzene rings is 1. The molecule has 0 aliphatic heterocycles. The van der Waals surface area contributed by atoms with Gasteiger partial charge in [-0.25, -0.2) is 0 Å². The minimum atomic E-state index is -1.15. The lowest BCUT2D eigenvalue weighted by Crippen LogP contribution is -2.39. The molecule has 0 amide bonds. The maximum Gasteiger partial charge on any atom is 0.162 e. The van der Waals surface area contributed by atoms with Crippen LogP contribution in [-0.2, 0) is 16.0 Å². The number of ketones is 2. The fourth-order valence-corrected chi connectivity index (χ4v) is 3.26. The predicted molar refractivity (Wildman–Crippen MR) is 115 cm³/mol. The third-order valence-corrected chi connectivity index (χ3v) is 4.90. The van der Waals surface area contributed by atoms with E-state index >= 15 is 0 Å². The number of carbonyl (C=O) groups excluding carboxylic acids is 2. The first kappa shape index (κ1) is 24.5. The van der Waals surface area contributed by atoms with Crippen molar-refractivity contribution in [1.82, 2.24) is 0 Å². The fraction of sp³-hybridized carbons (Fsp3) is 0.667. The van der Waals surface area contributed by atoms with Crippen molar-refractivity contribution in [3.05, 3.63) is 35.9 Å². The van der Waals surface area contributed by atoms with Gasteiger partial charge in [0.05, 0.1) is 6.04 Å². The van der Waals surface area contributed by atoms with E-state index in [4.69, 9.17) is 5.73 Å². The van der Waals surface area contributed by atoms with E-state index in [0.717, 1.165) is 12.0 Å². The Balaban J connectivity index is 2.88. The van der Waals surface area contributed by atoms with Gasteiger partial charge in [-0.1, -0.05) is 71.9 Å². The first-order valence-corrected chi connectivity index (χ1v) is 10.3. The fourth-order valence-electron chi connectivity index (χ4n) is 3.26. The molecule has 0 spiro atoms. The molecule has 1 aromatic rings. The van der Waals surface area contributed by atoms with E-state index in [2.05, 4.69) is 20.8 Å². The van der Waals surface area contributed by atoms with Gasteiger partial charge in [0.25, 0.3) is 0 Å². The SMILES string of the molecule is CC(C)(C)CC[C@H](N)C(=O)CC(Cc1ccccc1)C(O)C(=O)CC(C)(C)C. The van der Waals surface area contributed by atoms with Crippen LogP contribution in [0.1, 0.15) is 72.8 Å². The first-order valence-electron chi connectivity index (χ1n) is 10.3. The van der Waals surface area contributed by atoms with Crippen molar-refractivity contribution in [1.29, 1.82) is 0 Å². The van der Waals surface area contributed by atoms with Gasteiger partial charge in [-0.05, 0) is 35.7 Å². The van der Waals surface area contributed by atoms with E-state index in [9.17, 15) is 14.7 Å². The summed E-state index contributed by atoms with van der Waals surface area (Å²) < 4.78 is 0. The minimum absolute atomic E-state index is 0.0761. The molecule has 1 rings (SSSR count). The van der Waals surface area contributed by atoms with Crippen LogP contribution in [0.3, 0.4) is 0 Å². The van der Waals surface area contributed by atoms with Crippen molar-refractivity contribution < 1.29 is 14.7 Å². The average molecular weight is 390 g/mol. The second-order valence-electron chi connectivity index (χ2n) is 10.5. The lowest BCUT2D eigenvalue weighted by Gasteiger charge is -2.26. The molecule has 4 heteroatoms. The molecular weight excluding hydrogens is 350 g/mol. The summed E-state index contributed by atoms with van der Waals surface area (Å²) in [5.74, 6) is -0.734. The van der Waals surface area contributed by atoms with Gasteiger partial charge in [-0.15, -0.1) is 0 Å². The highest BCUT2D eigenvalue weighted by molar-refractivity contribution is 5.87. The van der Waals surface area contributed by atoms with Gasteiger partial charge in [-0.2, -0.15) is 0 Å². The summed E-state index contributed by atoms with van der Waals surface area (Å²) in [5.41, 5.74) is 7.04. The number of aliphatic hydroxyl groups is 1. The highest BCUT2D eigenvalue weighted by atomic mass is 16.3. The van der Waals surface area contributed by atoms with Crippen LogP contribution in [0.4, 0.5) is 0 Å². The summed E-state index contributed by atoms with van der Waals surface area (Å²) in [6.07, 6.45) is 1.20. The van der Waals surface area contributed by atoms with E-state index in [1.54, 1.807) is 0 Å². The molecule has 0 aromatic heterocycles. The Morgan fingerprint density at radius 3 is 2.04 bits per heavy atom. The third kappa shape index (κ3) is 9.61. The van der Waals surface area contributed by atoms with Crippen LogP contribution in [0.15, 0.2) is 30.3 Å². The molecule has 0 aliphatic carbocycles. The van der Waals surface area contributed by atoms with Crippen LogP contribution in [0.5, 0.6) is 0 Å². The number of aliphatic hydroxyl groups excluding tert-OH is 1. The first-order chi connectivity index (χ1) is 12.8. The van der Waals surface area contributed by atoms with E-state index in [0.29, 0.717) is 12.8 Å². The van der Waals surface area contributed by atoms with Gasteiger partial charge in [-0.3, -0.25) is 9.59 Å². The maximum atomic E-state index is 12.7. The highest BCUT2D eigenvalue weighted by Crippen LogP contribution is 2.26. The Morgan fingerprint density at radius 2 is 1.54 bits per heavy atom. The van der Waals surface area contributed by atoms with E-state index in [-0.39, 0.29) is 35.2 Å². The molecule has 3 atom stereocenters. The summed E-state index contributed by atoms with van der Waals surface area (Å²) >= 11 is 0. The highest BCUT2D eigenvalue weighted by Gasteiger charge is 2.32. The number of Topliss-reactive ketones (excluding diaryl/α,β-unsaturated/α-hetero) is 2. The molecule has 3 N–H and O–H groups in total. The van der Waals surface area contributed by atoms with Crippen LogP contribution in [0.2, 0.25) is 0 Å². The standard InChI is InChI=1S/C24H39NO3/c1-23(2,3)13-12-19(25)20(26)15-18(14-17-10-8-7-9-11-17)22(28)21(27)16-24(4,5)6/h7-11,18-19,22,28H,12-16,25H2,1-6H3/t18?,19-,22?/m0/s1. The quantitative estimate of drug-likeness (QED) is 0.624. The zero-order chi connectivity index (χ0) is 21.5. The van der Waals surface area contributed by atoms with Gasteiger partial charge < -0.3 is 10.8 Å². The molecule has 158 valence electrons. The molecule has 0 aliphatic rings. The lowest BCUT2D eigenvalue weighted by molar-refractivity contribution is -0.133. The van der Waals surface area contributed by atoms with Crippen molar-refractivity contribution in [3.63, 3.8) is 0 Å². The maximum absolute atomic E-state index is 12.7. The molecule has 0 heterocycles. The van der Waals surface area contributed by atoms with Crippen molar-refractivity contribution in [3.8, 4) is 0 Å². The van der Waals surface area contributed by atoms with Crippen molar-refractivity contribution in [2.24, 2.45) is 22.5 Å². The van der Waals surface area contributed by atoms with Crippen LogP contribution in [0.25, 0.3) is 0 Å². The second-order valence-corrected chi connectivity index (χ2v) is 10.5. The summed E-state index contributed by atoms with van der Waals surface area (Å²) in [7, 11) is 0. The van der Waals surface area contributed by atoms with Gasteiger partial charge in [0, 0.05) is 18.8 Å². The Labute approximate surface area is 170 Å². The molecule has 0 bridgehead atoms. The lowest BCUT2D eigenvalue weighted by atomic mass is 9.80. The second kappa shape index (κ2) is 10.3. The zero-order valence-electron chi connectivity index (χ0n) is 18.5. The van der Waals surface area contributed by atoms with Crippen molar-refractivity contribution >= 4 is 11.6 Å². The average Bonchev–Trinajstić information content (AvgIpc) is 2.57. The Bertz CT molecular complexity index is 625. The van der Waals surface area contributed by atoms with Gasteiger partial charge in [0.2, 0.25) is 0 Å². The summed E-state index contributed by atoms with van der Waals surface area (Å²) in [4.78, 5) is 25.3. The van der Waals surface area contributed by atoms with Gasteiger partial charge in [0.1, 0.15) is 11.9 Å². The number of carbonyl (C=O) groups is 2. The number of rotatable bonds is 10. The van der Waals surface area contributed by atoms with Gasteiger partial charge in [0.15, 0.2) is 5.78 Å². The molecule has 0 saturated carbocycles. The smallest absolute Gasteiger partial charge is 0.162 e.